The van der Waals surface area contributed by atoms with Crippen LogP contribution in [0.15, 0.2) is 17.2 Å². The zero-order valence-electron chi connectivity index (χ0n) is 11.5. The van der Waals surface area contributed by atoms with Crippen molar-refractivity contribution in [2.75, 3.05) is 19.8 Å². The molecule has 1 aromatic heterocycles. The van der Waals surface area contributed by atoms with Crippen molar-refractivity contribution in [1.82, 2.24) is 10.3 Å². The molecule has 0 aliphatic heterocycles. The van der Waals surface area contributed by atoms with E-state index in [9.17, 15) is 13.2 Å². The van der Waals surface area contributed by atoms with E-state index in [1.165, 1.54) is 12.3 Å². The van der Waals surface area contributed by atoms with Gasteiger partial charge in [-0.05, 0) is 18.4 Å². The van der Waals surface area contributed by atoms with Crippen LogP contribution < -0.4 is 5.32 Å². The van der Waals surface area contributed by atoms with Gasteiger partial charge in [-0.25, -0.2) is 8.42 Å². The molecule has 2 N–H and O–H groups in total. The number of nitrogens with one attached hydrogen (secondary N) is 2. The second-order valence-electron chi connectivity index (χ2n) is 4.74. The van der Waals surface area contributed by atoms with Crippen molar-refractivity contribution in [2.24, 2.45) is 5.92 Å². The molecule has 0 saturated carbocycles. The summed E-state index contributed by atoms with van der Waals surface area (Å²) in [6.45, 7) is 5.65. The Labute approximate surface area is 123 Å². The van der Waals surface area contributed by atoms with Gasteiger partial charge in [0.05, 0.1) is 6.61 Å². The highest BCUT2D eigenvalue weighted by molar-refractivity contribution is 8.13. The van der Waals surface area contributed by atoms with Gasteiger partial charge in [-0.2, -0.15) is 0 Å². The smallest absolute Gasteiger partial charge is 0.267 e. The van der Waals surface area contributed by atoms with Crippen molar-refractivity contribution >= 4 is 25.6 Å². The van der Waals surface area contributed by atoms with Crippen molar-refractivity contribution in [3.8, 4) is 0 Å². The minimum Gasteiger partial charge on any atom is -0.380 e. The molecule has 0 saturated heterocycles. The van der Waals surface area contributed by atoms with Crippen LogP contribution in [0.4, 0.5) is 0 Å². The molecule has 1 aromatic rings. The molecule has 8 heteroatoms. The maximum absolute atomic E-state index is 11.7. The van der Waals surface area contributed by atoms with E-state index in [0.717, 1.165) is 6.42 Å². The molecular formula is C12H19ClN2O4S. The molecule has 0 aromatic carbocycles. The van der Waals surface area contributed by atoms with E-state index in [0.29, 0.717) is 25.7 Å². The summed E-state index contributed by atoms with van der Waals surface area (Å²) in [4.78, 5) is 14.1. The number of carbonyl (C=O) groups excluding carboxylic acids is 1. The molecule has 0 unspecified atom stereocenters. The molecule has 0 bridgehead atoms. The predicted molar refractivity (Wildman–Crippen MR) is 76.4 cm³/mol. The van der Waals surface area contributed by atoms with Crippen molar-refractivity contribution < 1.29 is 17.9 Å². The maximum Gasteiger partial charge on any atom is 0.267 e. The van der Waals surface area contributed by atoms with Crippen LogP contribution in [0, 0.1) is 5.92 Å². The van der Waals surface area contributed by atoms with E-state index in [-0.39, 0.29) is 10.6 Å². The number of rotatable bonds is 8. The Kier molecular flexibility index (Phi) is 6.51. The van der Waals surface area contributed by atoms with Gasteiger partial charge in [-0.15, -0.1) is 0 Å². The summed E-state index contributed by atoms with van der Waals surface area (Å²) in [7, 11) is 1.34. The first-order chi connectivity index (χ1) is 9.30. The Morgan fingerprint density at radius 2 is 2.15 bits per heavy atom. The summed E-state index contributed by atoms with van der Waals surface area (Å²) < 4.78 is 27.4. The standard InChI is InChI=1S/C12H19ClN2O4S/c1-9(2)3-5-19-6-4-14-12(16)11-7-10(8-15-11)20(13,17)18/h7-9,15H,3-6H2,1-2H3,(H,14,16). The predicted octanol–water partition coefficient (Wildman–Crippen LogP) is 1.73. The van der Waals surface area contributed by atoms with Gasteiger partial charge < -0.3 is 15.0 Å². The van der Waals surface area contributed by atoms with Crippen molar-refractivity contribution in [3.63, 3.8) is 0 Å². The van der Waals surface area contributed by atoms with E-state index >= 15 is 0 Å². The zero-order chi connectivity index (χ0) is 15.2. The minimum atomic E-state index is -3.82. The van der Waals surface area contributed by atoms with Gasteiger partial charge >= 0.3 is 0 Å². The highest BCUT2D eigenvalue weighted by Crippen LogP contribution is 2.15. The normalized spacial score (nSPS) is 11.8. The largest absolute Gasteiger partial charge is 0.380 e. The molecule has 1 amide bonds. The number of halogens is 1. The molecule has 0 aliphatic carbocycles. The second-order valence-corrected chi connectivity index (χ2v) is 7.30. The molecule has 1 rings (SSSR count). The first-order valence-corrected chi connectivity index (χ1v) is 8.60. The highest BCUT2D eigenvalue weighted by Gasteiger charge is 2.15. The fraction of sp³-hybridized carbons (Fsp3) is 0.583. The average molecular weight is 323 g/mol. The van der Waals surface area contributed by atoms with Gasteiger partial charge in [0.1, 0.15) is 10.6 Å². The van der Waals surface area contributed by atoms with Crippen LogP contribution in [-0.2, 0) is 13.8 Å². The summed E-state index contributed by atoms with van der Waals surface area (Å²) in [6.07, 6.45) is 2.15. The van der Waals surface area contributed by atoms with Gasteiger partial charge in [0.15, 0.2) is 0 Å². The summed E-state index contributed by atoms with van der Waals surface area (Å²) in [5, 5.41) is 2.62. The average Bonchev–Trinajstić information content (AvgIpc) is 2.82. The molecule has 0 spiro atoms. The lowest BCUT2D eigenvalue weighted by Crippen LogP contribution is -2.27. The lowest BCUT2D eigenvalue weighted by Gasteiger charge is -2.07. The van der Waals surface area contributed by atoms with Crippen molar-refractivity contribution in [3.05, 3.63) is 18.0 Å². The van der Waals surface area contributed by atoms with Gasteiger partial charge in [-0.3, -0.25) is 4.79 Å². The molecule has 20 heavy (non-hydrogen) atoms. The number of H-pyrrole nitrogens is 1. The number of aromatic amines is 1. The number of amides is 1. The second kappa shape index (κ2) is 7.66. The van der Waals surface area contributed by atoms with Gasteiger partial charge in [0, 0.05) is 30.0 Å². The van der Waals surface area contributed by atoms with Crippen molar-refractivity contribution in [1.29, 1.82) is 0 Å². The Morgan fingerprint density at radius 1 is 1.45 bits per heavy atom. The fourth-order valence-corrected chi connectivity index (χ4v) is 2.12. The van der Waals surface area contributed by atoms with Crippen LogP contribution >= 0.6 is 10.7 Å². The molecule has 0 radical (unpaired) electrons. The van der Waals surface area contributed by atoms with E-state index in [4.69, 9.17) is 15.4 Å². The number of carbonyl (C=O) groups is 1. The Balaban J connectivity index is 2.31. The molecule has 6 nitrogen and oxygen atoms in total. The highest BCUT2D eigenvalue weighted by atomic mass is 35.7. The molecule has 0 aliphatic rings. The Morgan fingerprint density at radius 3 is 2.70 bits per heavy atom. The Bertz CT molecular complexity index is 539. The first-order valence-electron chi connectivity index (χ1n) is 6.29. The van der Waals surface area contributed by atoms with E-state index in [2.05, 4.69) is 24.1 Å². The first kappa shape index (κ1) is 17.0. The van der Waals surface area contributed by atoms with Crippen LogP contribution in [0.25, 0.3) is 0 Å². The third-order valence-electron chi connectivity index (χ3n) is 2.55. The molecule has 1 heterocycles. The number of hydrogen-bond donors (Lipinski definition) is 2. The molecular weight excluding hydrogens is 304 g/mol. The third-order valence-corrected chi connectivity index (χ3v) is 3.89. The minimum absolute atomic E-state index is 0.127. The van der Waals surface area contributed by atoms with E-state index in [1.54, 1.807) is 0 Å². The van der Waals surface area contributed by atoms with Gasteiger partial charge in [0.2, 0.25) is 0 Å². The summed E-state index contributed by atoms with van der Waals surface area (Å²) in [5.41, 5.74) is 0.145. The summed E-state index contributed by atoms with van der Waals surface area (Å²) in [6, 6.07) is 1.19. The molecule has 114 valence electrons. The van der Waals surface area contributed by atoms with Crippen LogP contribution in [0.5, 0.6) is 0 Å². The maximum atomic E-state index is 11.7. The third kappa shape index (κ3) is 5.94. The topological polar surface area (TPSA) is 88.3 Å². The van der Waals surface area contributed by atoms with Crippen molar-refractivity contribution in [2.45, 2.75) is 25.2 Å². The van der Waals surface area contributed by atoms with E-state index in [1.807, 2.05) is 0 Å². The monoisotopic (exact) mass is 322 g/mol. The van der Waals surface area contributed by atoms with Gasteiger partial charge in [-0.1, -0.05) is 13.8 Å². The van der Waals surface area contributed by atoms with E-state index < -0.39 is 15.0 Å². The number of ether oxygens (including phenoxy) is 1. The van der Waals surface area contributed by atoms with Gasteiger partial charge in [0.25, 0.3) is 15.0 Å². The lowest BCUT2D eigenvalue weighted by atomic mass is 10.1. The Hall–Kier alpha value is -1.05. The molecule has 0 atom stereocenters. The lowest BCUT2D eigenvalue weighted by molar-refractivity contribution is 0.0901. The quantitative estimate of drug-likeness (QED) is 0.563. The fourth-order valence-electron chi connectivity index (χ4n) is 1.40. The van der Waals surface area contributed by atoms with Crippen LogP contribution in [0.1, 0.15) is 30.8 Å². The van der Waals surface area contributed by atoms with Crippen LogP contribution in [0.2, 0.25) is 0 Å². The summed E-state index contributed by atoms with van der Waals surface area (Å²) >= 11 is 0. The summed E-state index contributed by atoms with van der Waals surface area (Å²) in [5.74, 6) is 0.184. The molecule has 0 fully saturated rings. The zero-order valence-corrected chi connectivity index (χ0v) is 13.1. The van der Waals surface area contributed by atoms with Crippen LogP contribution in [-0.4, -0.2) is 39.1 Å². The SMILES string of the molecule is CC(C)CCOCCNC(=O)c1cc(S(=O)(=O)Cl)c[nH]1. The number of hydrogen-bond acceptors (Lipinski definition) is 4. The van der Waals surface area contributed by atoms with Crippen LogP contribution in [0.3, 0.4) is 0 Å². The number of aromatic nitrogens is 1.